The van der Waals surface area contributed by atoms with E-state index in [1.54, 1.807) is 0 Å². The first-order valence-corrected chi connectivity index (χ1v) is 9.39. The maximum atomic E-state index is 12.6. The molecule has 0 unspecified atom stereocenters. The number of nitrogens with one attached hydrogen (secondary N) is 1. The van der Waals surface area contributed by atoms with Crippen molar-refractivity contribution in [1.29, 1.82) is 0 Å². The average molecular weight is 381 g/mol. The number of amides is 1. The number of hydrogen-bond donors (Lipinski definition) is 1. The molecule has 0 saturated heterocycles. The lowest BCUT2D eigenvalue weighted by atomic mass is 10.2. The average Bonchev–Trinajstić information content (AvgIpc) is 3.00. The number of fused-ring (bicyclic) bond motifs is 2. The molecule has 0 aliphatic carbocycles. The van der Waals surface area contributed by atoms with Gasteiger partial charge in [0.05, 0.1) is 17.6 Å². The zero-order chi connectivity index (χ0) is 19.5. The van der Waals surface area contributed by atoms with Gasteiger partial charge in [-0.15, -0.1) is 0 Å². The first-order valence-electron chi connectivity index (χ1n) is 9.39. The highest BCUT2D eigenvalue weighted by atomic mass is 16.6. The van der Waals surface area contributed by atoms with Crippen LogP contribution in [0.2, 0.25) is 0 Å². The minimum atomic E-state index is -0.0939. The van der Waals surface area contributed by atoms with E-state index in [4.69, 9.17) is 14.2 Å². The van der Waals surface area contributed by atoms with Crippen molar-refractivity contribution in [2.24, 2.45) is 0 Å². The molecule has 2 heterocycles. The second-order valence-corrected chi connectivity index (χ2v) is 6.55. The van der Waals surface area contributed by atoms with Crippen LogP contribution < -0.4 is 19.5 Å². The number of rotatable bonds is 6. The normalized spacial score (nSPS) is 12.8. The maximum Gasteiger partial charge on any atom is 0.240 e. The monoisotopic (exact) mass is 381 g/mol. The van der Waals surface area contributed by atoms with Crippen molar-refractivity contribution >= 4 is 16.9 Å². The Bertz CT molecular complexity index is 1010. The van der Waals surface area contributed by atoms with Crippen LogP contribution in [0.3, 0.4) is 0 Å². The number of ether oxygens (including phenoxy) is 3. The molecule has 0 spiro atoms. The molecule has 0 bridgehead atoms. The summed E-state index contributed by atoms with van der Waals surface area (Å²) < 4.78 is 18.8. The van der Waals surface area contributed by atoms with E-state index in [9.17, 15) is 4.79 Å². The molecule has 146 valence electrons. The van der Waals surface area contributed by atoms with Crippen LogP contribution in [0.5, 0.6) is 17.2 Å². The van der Waals surface area contributed by atoms with Gasteiger partial charge in [0.15, 0.2) is 11.5 Å². The van der Waals surface area contributed by atoms with Crippen molar-refractivity contribution in [3.8, 4) is 17.2 Å². The molecule has 0 fully saturated rings. The number of imidazole rings is 1. The molecule has 0 radical (unpaired) electrons. The number of carbonyl (C=O) groups is 1. The van der Waals surface area contributed by atoms with Crippen LogP contribution in [0.15, 0.2) is 36.4 Å². The Morgan fingerprint density at radius 2 is 1.96 bits per heavy atom. The third-order valence-electron chi connectivity index (χ3n) is 4.65. The van der Waals surface area contributed by atoms with Crippen LogP contribution in [0.25, 0.3) is 11.0 Å². The Kier molecular flexibility index (Phi) is 5.06. The molecule has 1 aliphatic heterocycles. The first kappa shape index (κ1) is 18.2. The zero-order valence-electron chi connectivity index (χ0n) is 16.0. The largest absolute Gasteiger partial charge is 0.494 e. The molecule has 1 amide bonds. The number of hydrogen-bond acceptors (Lipinski definition) is 5. The van der Waals surface area contributed by atoms with Gasteiger partial charge in [-0.2, -0.15) is 0 Å². The number of aryl methyl sites for hydroxylation is 1. The van der Waals surface area contributed by atoms with Crippen LogP contribution >= 0.6 is 0 Å². The molecule has 1 aromatic heterocycles. The minimum Gasteiger partial charge on any atom is -0.494 e. The van der Waals surface area contributed by atoms with Crippen molar-refractivity contribution in [3.05, 3.63) is 47.8 Å². The second-order valence-electron chi connectivity index (χ2n) is 6.55. The zero-order valence-corrected chi connectivity index (χ0v) is 16.0. The molecule has 3 aromatic rings. The molecule has 7 nitrogen and oxygen atoms in total. The van der Waals surface area contributed by atoms with Gasteiger partial charge >= 0.3 is 0 Å². The van der Waals surface area contributed by atoms with Crippen molar-refractivity contribution in [3.63, 3.8) is 0 Å². The summed E-state index contributed by atoms with van der Waals surface area (Å²) in [5.74, 6) is 2.84. The minimum absolute atomic E-state index is 0.0939. The molecule has 4 rings (SSSR count). The van der Waals surface area contributed by atoms with Gasteiger partial charge in [0.2, 0.25) is 5.91 Å². The molecule has 1 aliphatic rings. The Morgan fingerprint density at radius 3 is 2.75 bits per heavy atom. The number of nitrogens with zero attached hydrogens (tertiary/aromatic N) is 2. The Labute approximate surface area is 163 Å². The van der Waals surface area contributed by atoms with E-state index in [1.807, 2.05) is 54.8 Å². The summed E-state index contributed by atoms with van der Waals surface area (Å²) in [6.07, 6.45) is 0. The molecular weight excluding hydrogens is 358 g/mol. The Hall–Kier alpha value is -3.22. The number of carbonyl (C=O) groups excluding carboxylic acids is 1. The summed E-state index contributed by atoms with van der Waals surface area (Å²) >= 11 is 0. The lowest BCUT2D eigenvalue weighted by molar-refractivity contribution is -0.121. The van der Waals surface area contributed by atoms with Crippen LogP contribution in [-0.2, 0) is 17.9 Å². The SMILES string of the molecule is CCOc1ccccc1CNC(=O)Cn1c(C)nc2cc3c(cc21)OCCO3. The smallest absolute Gasteiger partial charge is 0.240 e. The lowest BCUT2D eigenvalue weighted by Crippen LogP contribution is -2.27. The highest BCUT2D eigenvalue weighted by Gasteiger charge is 2.18. The van der Waals surface area contributed by atoms with Crippen LogP contribution in [0.4, 0.5) is 0 Å². The summed E-state index contributed by atoms with van der Waals surface area (Å²) in [4.78, 5) is 17.1. The number of benzene rings is 2. The summed E-state index contributed by atoms with van der Waals surface area (Å²) in [6, 6.07) is 11.5. The van der Waals surface area contributed by atoms with Crippen molar-refractivity contribution in [1.82, 2.24) is 14.9 Å². The molecule has 0 atom stereocenters. The Balaban J connectivity index is 1.50. The van der Waals surface area contributed by atoms with Gasteiger partial charge in [-0.3, -0.25) is 4.79 Å². The van der Waals surface area contributed by atoms with E-state index in [0.717, 1.165) is 28.2 Å². The van der Waals surface area contributed by atoms with Gasteiger partial charge in [-0.05, 0) is 19.9 Å². The number of aromatic nitrogens is 2. The van der Waals surface area contributed by atoms with Gasteiger partial charge in [-0.25, -0.2) is 4.98 Å². The summed E-state index contributed by atoms with van der Waals surface area (Å²) in [5.41, 5.74) is 2.59. The van der Waals surface area contributed by atoms with E-state index >= 15 is 0 Å². The molecule has 0 saturated carbocycles. The summed E-state index contributed by atoms with van der Waals surface area (Å²) in [7, 11) is 0. The van der Waals surface area contributed by atoms with Gasteiger partial charge < -0.3 is 24.1 Å². The topological polar surface area (TPSA) is 74.6 Å². The predicted molar refractivity (Wildman–Crippen MR) is 105 cm³/mol. The molecule has 28 heavy (non-hydrogen) atoms. The van der Waals surface area contributed by atoms with Gasteiger partial charge in [0, 0.05) is 24.2 Å². The molecule has 2 aromatic carbocycles. The highest BCUT2D eigenvalue weighted by molar-refractivity contribution is 5.83. The molecule has 1 N–H and O–H groups in total. The molecule has 7 heteroatoms. The first-order chi connectivity index (χ1) is 13.7. The predicted octanol–water partition coefficient (Wildman–Crippen LogP) is 2.83. The van der Waals surface area contributed by atoms with Crippen LogP contribution in [0, 0.1) is 6.92 Å². The molecular formula is C21H23N3O4. The van der Waals surface area contributed by atoms with Crippen LogP contribution in [0.1, 0.15) is 18.3 Å². The maximum absolute atomic E-state index is 12.6. The highest BCUT2D eigenvalue weighted by Crippen LogP contribution is 2.34. The fourth-order valence-electron chi connectivity index (χ4n) is 3.32. The Morgan fingerprint density at radius 1 is 1.21 bits per heavy atom. The fourth-order valence-corrected chi connectivity index (χ4v) is 3.32. The second kappa shape index (κ2) is 7.80. The quantitative estimate of drug-likeness (QED) is 0.711. The summed E-state index contributed by atoms with van der Waals surface area (Å²) in [5, 5.41) is 2.97. The van der Waals surface area contributed by atoms with Crippen molar-refractivity contribution in [2.75, 3.05) is 19.8 Å². The number of para-hydroxylation sites is 1. The fraction of sp³-hybridized carbons (Fsp3) is 0.333. The van der Waals surface area contributed by atoms with Gasteiger partial charge in [0.1, 0.15) is 31.3 Å². The lowest BCUT2D eigenvalue weighted by Gasteiger charge is -2.18. The van der Waals surface area contributed by atoms with E-state index in [1.165, 1.54) is 0 Å². The van der Waals surface area contributed by atoms with Crippen molar-refractivity contribution in [2.45, 2.75) is 26.9 Å². The standard InChI is InChI=1S/C21H23N3O4/c1-3-26-18-7-5-4-6-15(18)12-22-21(25)13-24-14(2)23-16-10-19-20(11-17(16)24)28-9-8-27-19/h4-7,10-11H,3,8-9,12-13H2,1-2H3,(H,22,25). The van der Waals surface area contributed by atoms with E-state index in [2.05, 4.69) is 10.3 Å². The van der Waals surface area contributed by atoms with Gasteiger partial charge in [0.25, 0.3) is 0 Å². The van der Waals surface area contributed by atoms with E-state index in [0.29, 0.717) is 37.9 Å². The van der Waals surface area contributed by atoms with E-state index < -0.39 is 0 Å². The van der Waals surface area contributed by atoms with E-state index in [-0.39, 0.29) is 12.5 Å². The van der Waals surface area contributed by atoms with Gasteiger partial charge in [-0.1, -0.05) is 18.2 Å². The van der Waals surface area contributed by atoms with Crippen LogP contribution in [-0.4, -0.2) is 35.3 Å². The third-order valence-corrected chi connectivity index (χ3v) is 4.65. The summed E-state index contributed by atoms with van der Waals surface area (Å²) in [6.45, 7) is 6.05. The van der Waals surface area contributed by atoms with Crippen molar-refractivity contribution < 1.29 is 19.0 Å². The third kappa shape index (κ3) is 3.60.